The van der Waals surface area contributed by atoms with E-state index in [2.05, 4.69) is 25.7 Å². The van der Waals surface area contributed by atoms with E-state index < -0.39 is 0 Å². The van der Waals surface area contributed by atoms with Crippen LogP contribution in [-0.2, 0) is 4.79 Å². The summed E-state index contributed by atoms with van der Waals surface area (Å²) in [7, 11) is 0. The van der Waals surface area contributed by atoms with Crippen molar-refractivity contribution < 1.29 is 4.79 Å². The predicted molar refractivity (Wildman–Crippen MR) is 57.9 cm³/mol. The number of amides is 1. The first-order chi connectivity index (χ1) is 6.47. The third-order valence-electron chi connectivity index (χ3n) is 3.55. The lowest BCUT2D eigenvalue weighted by Crippen LogP contribution is -2.51. The molecule has 0 bridgehead atoms. The summed E-state index contributed by atoms with van der Waals surface area (Å²) >= 11 is 0. The molecule has 1 rings (SSSR count). The molecule has 0 aromatic carbocycles. The zero-order valence-corrected chi connectivity index (χ0v) is 9.55. The summed E-state index contributed by atoms with van der Waals surface area (Å²) in [6.45, 7) is 8.60. The molecule has 0 aromatic heterocycles. The number of rotatable bonds is 3. The Morgan fingerprint density at radius 3 is 2.71 bits per heavy atom. The Hall–Kier alpha value is -0.570. The molecule has 3 nitrogen and oxygen atoms in total. The number of nitrogens with zero attached hydrogens (tertiary/aromatic N) is 1. The normalized spacial score (nSPS) is 24.9. The summed E-state index contributed by atoms with van der Waals surface area (Å²) in [6, 6.07) is 0. The van der Waals surface area contributed by atoms with Gasteiger partial charge < -0.3 is 5.73 Å². The molecule has 3 heteroatoms. The van der Waals surface area contributed by atoms with Gasteiger partial charge in [-0.05, 0) is 39.7 Å². The molecule has 14 heavy (non-hydrogen) atoms. The van der Waals surface area contributed by atoms with E-state index in [0.717, 1.165) is 32.4 Å². The smallest absolute Gasteiger partial charge is 0.221 e. The van der Waals surface area contributed by atoms with Gasteiger partial charge >= 0.3 is 0 Å². The number of primary amides is 1. The number of likely N-dealkylation sites (tertiary alicyclic amines) is 1. The van der Waals surface area contributed by atoms with Crippen molar-refractivity contribution in [1.29, 1.82) is 0 Å². The van der Waals surface area contributed by atoms with Crippen molar-refractivity contribution in [2.75, 3.05) is 13.1 Å². The van der Waals surface area contributed by atoms with Crippen molar-refractivity contribution in [1.82, 2.24) is 4.90 Å². The minimum absolute atomic E-state index is 0.0644. The zero-order chi connectivity index (χ0) is 10.8. The Morgan fingerprint density at radius 2 is 2.21 bits per heavy atom. The van der Waals surface area contributed by atoms with E-state index in [0.29, 0.717) is 0 Å². The summed E-state index contributed by atoms with van der Waals surface area (Å²) < 4.78 is 0. The topological polar surface area (TPSA) is 46.3 Å². The minimum atomic E-state index is -0.137. The molecule has 0 aromatic rings. The first-order valence-corrected chi connectivity index (χ1v) is 5.51. The molecule has 0 radical (unpaired) electrons. The van der Waals surface area contributed by atoms with E-state index in [4.69, 9.17) is 5.73 Å². The molecule has 1 aliphatic rings. The second-order valence-corrected chi connectivity index (χ2v) is 4.85. The van der Waals surface area contributed by atoms with Crippen LogP contribution in [0.25, 0.3) is 0 Å². The molecule has 1 heterocycles. The monoisotopic (exact) mass is 198 g/mol. The van der Waals surface area contributed by atoms with E-state index in [1.54, 1.807) is 0 Å². The predicted octanol–water partition coefficient (Wildman–Crippen LogP) is 1.37. The largest absolute Gasteiger partial charge is 0.369 e. The number of nitrogens with two attached hydrogens (primary N) is 1. The number of carbonyl (C=O) groups excluding carboxylic acids is 1. The van der Waals surface area contributed by atoms with E-state index >= 15 is 0 Å². The quantitative estimate of drug-likeness (QED) is 0.744. The van der Waals surface area contributed by atoms with Crippen molar-refractivity contribution in [3.63, 3.8) is 0 Å². The SMILES string of the molecule is CCC(C)(C)N1CCCC(C(N)=O)C1. The maximum Gasteiger partial charge on any atom is 0.221 e. The van der Waals surface area contributed by atoms with Crippen LogP contribution >= 0.6 is 0 Å². The van der Waals surface area contributed by atoms with Gasteiger partial charge in [0.25, 0.3) is 0 Å². The fourth-order valence-corrected chi connectivity index (χ4v) is 1.98. The third kappa shape index (κ3) is 2.47. The van der Waals surface area contributed by atoms with Crippen LogP contribution in [0.3, 0.4) is 0 Å². The molecule has 1 atom stereocenters. The fourth-order valence-electron chi connectivity index (χ4n) is 1.98. The second-order valence-electron chi connectivity index (χ2n) is 4.85. The molecule has 1 saturated heterocycles. The average molecular weight is 198 g/mol. The lowest BCUT2D eigenvalue weighted by molar-refractivity contribution is -0.124. The fraction of sp³-hybridized carbons (Fsp3) is 0.909. The molecule has 0 aliphatic carbocycles. The lowest BCUT2D eigenvalue weighted by Gasteiger charge is -2.42. The van der Waals surface area contributed by atoms with Gasteiger partial charge in [0.1, 0.15) is 0 Å². The first-order valence-electron chi connectivity index (χ1n) is 5.51. The van der Waals surface area contributed by atoms with Gasteiger partial charge in [-0.2, -0.15) is 0 Å². The average Bonchev–Trinajstić information content (AvgIpc) is 2.18. The van der Waals surface area contributed by atoms with Gasteiger partial charge in [0, 0.05) is 12.1 Å². The van der Waals surface area contributed by atoms with Crippen molar-refractivity contribution in [2.45, 2.75) is 45.6 Å². The van der Waals surface area contributed by atoms with Crippen LogP contribution in [0, 0.1) is 5.92 Å². The van der Waals surface area contributed by atoms with E-state index in [9.17, 15) is 4.79 Å². The zero-order valence-electron chi connectivity index (χ0n) is 9.55. The number of carbonyl (C=O) groups is 1. The van der Waals surface area contributed by atoms with Gasteiger partial charge in [0.15, 0.2) is 0 Å². The van der Waals surface area contributed by atoms with Gasteiger partial charge in [-0.25, -0.2) is 0 Å². The molecule has 1 unspecified atom stereocenters. The van der Waals surface area contributed by atoms with Gasteiger partial charge in [-0.1, -0.05) is 6.92 Å². The molecule has 82 valence electrons. The lowest BCUT2D eigenvalue weighted by atomic mass is 9.91. The molecule has 2 N–H and O–H groups in total. The minimum Gasteiger partial charge on any atom is -0.369 e. The third-order valence-corrected chi connectivity index (χ3v) is 3.55. The summed E-state index contributed by atoms with van der Waals surface area (Å²) in [5.74, 6) is -0.0730. The van der Waals surface area contributed by atoms with Gasteiger partial charge in [-0.3, -0.25) is 9.69 Å². The molecule has 1 aliphatic heterocycles. The molecule has 0 saturated carbocycles. The number of hydrogen-bond donors (Lipinski definition) is 1. The first kappa shape index (κ1) is 11.5. The van der Waals surface area contributed by atoms with Crippen molar-refractivity contribution in [3.8, 4) is 0 Å². The summed E-state index contributed by atoms with van der Waals surface area (Å²) in [5.41, 5.74) is 5.55. The highest BCUT2D eigenvalue weighted by Gasteiger charge is 2.31. The summed E-state index contributed by atoms with van der Waals surface area (Å²) in [4.78, 5) is 13.5. The van der Waals surface area contributed by atoms with E-state index in [1.807, 2.05) is 0 Å². The van der Waals surface area contributed by atoms with Crippen molar-refractivity contribution >= 4 is 5.91 Å². The highest BCUT2D eigenvalue weighted by Crippen LogP contribution is 2.25. The van der Waals surface area contributed by atoms with Crippen LogP contribution in [0.4, 0.5) is 0 Å². The van der Waals surface area contributed by atoms with Crippen LogP contribution in [0.2, 0.25) is 0 Å². The maximum absolute atomic E-state index is 11.1. The van der Waals surface area contributed by atoms with E-state index in [-0.39, 0.29) is 17.4 Å². The number of piperidine rings is 1. The van der Waals surface area contributed by atoms with Crippen LogP contribution < -0.4 is 5.73 Å². The molecule has 1 fully saturated rings. The second kappa shape index (κ2) is 4.30. The van der Waals surface area contributed by atoms with Crippen LogP contribution in [-0.4, -0.2) is 29.4 Å². The Balaban J connectivity index is 2.60. The highest BCUT2D eigenvalue weighted by atomic mass is 16.1. The Kier molecular flexibility index (Phi) is 3.53. The van der Waals surface area contributed by atoms with Crippen LogP contribution in [0.1, 0.15) is 40.0 Å². The van der Waals surface area contributed by atoms with Crippen LogP contribution in [0.5, 0.6) is 0 Å². The Labute approximate surface area is 86.6 Å². The standard InChI is InChI=1S/C11H22N2O/c1-4-11(2,3)13-7-5-6-9(8-13)10(12)14/h9H,4-8H2,1-3H3,(H2,12,14). The van der Waals surface area contributed by atoms with Gasteiger partial charge in [-0.15, -0.1) is 0 Å². The van der Waals surface area contributed by atoms with Gasteiger partial charge in [0.05, 0.1) is 5.92 Å². The number of hydrogen-bond acceptors (Lipinski definition) is 2. The molecular formula is C11H22N2O. The maximum atomic E-state index is 11.1. The van der Waals surface area contributed by atoms with E-state index in [1.165, 1.54) is 0 Å². The summed E-state index contributed by atoms with van der Waals surface area (Å²) in [5, 5.41) is 0. The molecule has 0 spiro atoms. The Morgan fingerprint density at radius 1 is 1.57 bits per heavy atom. The molecular weight excluding hydrogens is 176 g/mol. The van der Waals surface area contributed by atoms with Gasteiger partial charge in [0.2, 0.25) is 5.91 Å². The molecule has 1 amide bonds. The van der Waals surface area contributed by atoms with Crippen LogP contribution in [0.15, 0.2) is 0 Å². The van der Waals surface area contributed by atoms with Crippen molar-refractivity contribution in [2.24, 2.45) is 11.7 Å². The summed E-state index contributed by atoms with van der Waals surface area (Å²) in [6.07, 6.45) is 3.17. The van der Waals surface area contributed by atoms with Crippen molar-refractivity contribution in [3.05, 3.63) is 0 Å². The Bertz CT molecular complexity index is 213. The highest BCUT2D eigenvalue weighted by molar-refractivity contribution is 5.76.